The minimum atomic E-state index is -3.81. The number of halogens is 1. The van der Waals surface area contributed by atoms with Crippen molar-refractivity contribution in [2.45, 2.75) is 19.9 Å². The number of amides is 1. The molecule has 0 aliphatic heterocycles. The van der Waals surface area contributed by atoms with E-state index in [1.165, 1.54) is 27.2 Å². The number of anilines is 2. The Morgan fingerprint density at radius 1 is 1.14 bits per heavy atom. The molecule has 1 atom stereocenters. The van der Waals surface area contributed by atoms with Crippen molar-refractivity contribution >= 4 is 38.9 Å². The number of benzene rings is 2. The number of ether oxygens (including phenoxy) is 2. The quantitative estimate of drug-likeness (QED) is 0.732. The maximum Gasteiger partial charge on any atom is 0.248 e. The second kappa shape index (κ2) is 8.70. The molecule has 1 unspecified atom stereocenters. The lowest BCUT2D eigenvalue weighted by molar-refractivity contribution is -0.116. The van der Waals surface area contributed by atoms with Gasteiger partial charge in [0.15, 0.2) is 0 Å². The first-order valence-corrected chi connectivity index (χ1v) is 10.6. The van der Waals surface area contributed by atoms with Crippen molar-refractivity contribution in [1.82, 2.24) is 0 Å². The fourth-order valence-electron chi connectivity index (χ4n) is 2.75. The van der Waals surface area contributed by atoms with Gasteiger partial charge in [0.05, 0.1) is 26.2 Å². The molecule has 7 nitrogen and oxygen atoms in total. The summed E-state index contributed by atoms with van der Waals surface area (Å²) >= 11 is 5.94. The van der Waals surface area contributed by atoms with Crippen LogP contribution >= 0.6 is 11.6 Å². The van der Waals surface area contributed by atoms with E-state index in [0.29, 0.717) is 22.2 Å². The molecule has 0 aliphatic carbocycles. The molecule has 2 rings (SSSR count). The monoisotopic (exact) mass is 426 g/mol. The summed E-state index contributed by atoms with van der Waals surface area (Å²) in [4.78, 5) is 12.8. The van der Waals surface area contributed by atoms with Crippen molar-refractivity contribution in [3.05, 3.63) is 47.0 Å². The Hall–Kier alpha value is -2.45. The second-order valence-corrected chi connectivity index (χ2v) is 8.52. The average molecular weight is 427 g/mol. The highest BCUT2D eigenvalue weighted by atomic mass is 35.5. The highest BCUT2D eigenvalue weighted by Gasteiger charge is 2.32. The van der Waals surface area contributed by atoms with E-state index in [4.69, 9.17) is 21.1 Å². The molecule has 0 heterocycles. The maximum absolute atomic E-state index is 12.8. The highest BCUT2D eigenvalue weighted by Crippen LogP contribution is 2.35. The Morgan fingerprint density at radius 2 is 1.82 bits per heavy atom. The van der Waals surface area contributed by atoms with Crippen molar-refractivity contribution in [3.63, 3.8) is 0 Å². The van der Waals surface area contributed by atoms with Crippen molar-refractivity contribution in [1.29, 1.82) is 0 Å². The summed E-state index contributed by atoms with van der Waals surface area (Å²) in [5, 5.41) is 3.29. The lowest BCUT2D eigenvalue weighted by Crippen LogP contribution is -2.45. The topological polar surface area (TPSA) is 84.9 Å². The standard InChI is InChI=1S/C19H23ClN2O5S/c1-12-10-14(20)6-8-16(12)21-19(23)13(2)22(28(5,24)25)17-11-15(26-3)7-9-18(17)27-4/h6-11,13H,1-5H3,(H,21,23). The Balaban J connectivity index is 2.45. The van der Waals surface area contributed by atoms with E-state index in [1.54, 1.807) is 37.3 Å². The van der Waals surface area contributed by atoms with Gasteiger partial charge in [0.2, 0.25) is 15.9 Å². The van der Waals surface area contributed by atoms with Crippen molar-refractivity contribution in [3.8, 4) is 11.5 Å². The van der Waals surface area contributed by atoms with Crippen LogP contribution in [0.4, 0.5) is 11.4 Å². The van der Waals surface area contributed by atoms with Crippen LogP contribution in [0.25, 0.3) is 0 Å². The van der Waals surface area contributed by atoms with E-state index in [9.17, 15) is 13.2 Å². The number of carbonyl (C=O) groups excluding carboxylic acids is 1. The van der Waals surface area contributed by atoms with Gasteiger partial charge in [0.25, 0.3) is 0 Å². The number of nitrogens with one attached hydrogen (secondary N) is 1. The fourth-order valence-corrected chi connectivity index (χ4v) is 4.15. The third-order valence-electron chi connectivity index (χ3n) is 4.16. The smallest absolute Gasteiger partial charge is 0.248 e. The Labute approximate surface area is 170 Å². The molecule has 0 saturated heterocycles. The summed E-state index contributed by atoms with van der Waals surface area (Å²) < 4.78 is 36.6. The molecule has 0 aliphatic rings. The number of rotatable bonds is 7. The van der Waals surface area contributed by atoms with Crippen LogP contribution in [-0.4, -0.2) is 40.8 Å². The second-order valence-electron chi connectivity index (χ2n) is 6.22. The van der Waals surface area contributed by atoms with Crippen LogP contribution in [0.1, 0.15) is 12.5 Å². The fraction of sp³-hybridized carbons (Fsp3) is 0.316. The van der Waals surface area contributed by atoms with E-state index >= 15 is 0 Å². The van der Waals surface area contributed by atoms with Crippen molar-refractivity contribution in [2.75, 3.05) is 30.1 Å². The molecule has 0 fully saturated rings. The van der Waals surface area contributed by atoms with Gasteiger partial charge in [-0.3, -0.25) is 9.10 Å². The summed E-state index contributed by atoms with van der Waals surface area (Å²) in [5.41, 5.74) is 1.52. The van der Waals surface area contributed by atoms with Gasteiger partial charge in [0.1, 0.15) is 17.5 Å². The first-order valence-electron chi connectivity index (χ1n) is 8.37. The molecular formula is C19H23ClN2O5S. The summed E-state index contributed by atoms with van der Waals surface area (Å²) in [5.74, 6) is 0.236. The number of carbonyl (C=O) groups is 1. The summed E-state index contributed by atoms with van der Waals surface area (Å²) in [6.07, 6.45) is 1.03. The Kier molecular flexibility index (Phi) is 6.79. The van der Waals surface area contributed by atoms with E-state index in [-0.39, 0.29) is 5.69 Å². The molecule has 0 spiro atoms. The molecule has 2 aromatic rings. The van der Waals surface area contributed by atoms with Gasteiger partial charge in [-0.05, 0) is 49.7 Å². The molecule has 0 aromatic heterocycles. The lowest BCUT2D eigenvalue weighted by Gasteiger charge is -2.29. The van der Waals surface area contributed by atoms with Crippen LogP contribution in [0.5, 0.6) is 11.5 Å². The van der Waals surface area contributed by atoms with Crippen LogP contribution in [-0.2, 0) is 14.8 Å². The lowest BCUT2D eigenvalue weighted by atomic mass is 10.2. The number of hydrogen-bond acceptors (Lipinski definition) is 5. The first kappa shape index (κ1) is 21.8. The van der Waals surface area contributed by atoms with Crippen LogP contribution in [0.3, 0.4) is 0 Å². The minimum absolute atomic E-state index is 0.208. The molecule has 9 heteroatoms. The molecule has 0 radical (unpaired) electrons. The van der Waals surface area contributed by atoms with E-state index in [2.05, 4.69) is 5.32 Å². The van der Waals surface area contributed by atoms with Crippen molar-refractivity contribution < 1.29 is 22.7 Å². The van der Waals surface area contributed by atoms with Crippen LogP contribution in [0.15, 0.2) is 36.4 Å². The zero-order valence-corrected chi connectivity index (χ0v) is 17.9. The van der Waals surface area contributed by atoms with Crippen LogP contribution < -0.4 is 19.1 Å². The number of hydrogen-bond donors (Lipinski definition) is 1. The largest absolute Gasteiger partial charge is 0.497 e. The van der Waals surface area contributed by atoms with Gasteiger partial charge in [-0.2, -0.15) is 0 Å². The van der Waals surface area contributed by atoms with Crippen LogP contribution in [0, 0.1) is 6.92 Å². The third kappa shape index (κ3) is 4.88. The zero-order valence-electron chi connectivity index (χ0n) is 16.3. The molecule has 2 aromatic carbocycles. The maximum atomic E-state index is 12.8. The molecule has 0 bridgehead atoms. The highest BCUT2D eigenvalue weighted by molar-refractivity contribution is 7.92. The Morgan fingerprint density at radius 3 is 2.36 bits per heavy atom. The predicted octanol–water partition coefficient (Wildman–Crippen LogP) is 3.46. The minimum Gasteiger partial charge on any atom is -0.497 e. The molecule has 1 amide bonds. The van der Waals surface area contributed by atoms with Gasteiger partial charge in [-0.1, -0.05) is 11.6 Å². The first-order chi connectivity index (χ1) is 13.1. The normalized spacial score (nSPS) is 12.2. The SMILES string of the molecule is COc1ccc(OC)c(N(C(C)C(=O)Nc2ccc(Cl)cc2C)S(C)(=O)=O)c1. The predicted molar refractivity (Wildman–Crippen MR) is 111 cm³/mol. The number of sulfonamides is 1. The zero-order chi connectivity index (χ0) is 21.1. The van der Waals surface area contributed by atoms with Gasteiger partial charge < -0.3 is 14.8 Å². The van der Waals surface area contributed by atoms with Gasteiger partial charge in [0, 0.05) is 16.8 Å². The third-order valence-corrected chi connectivity index (χ3v) is 5.62. The number of methoxy groups -OCH3 is 2. The van der Waals surface area contributed by atoms with E-state index < -0.39 is 22.0 Å². The Bertz CT molecular complexity index is 978. The molecule has 1 N–H and O–H groups in total. The molecule has 152 valence electrons. The average Bonchev–Trinajstić information content (AvgIpc) is 2.62. The van der Waals surface area contributed by atoms with Gasteiger partial charge in [-0.25, -0.2) is 8.42 Å². The molecule has 28 heavy (non-hydrogen) atoms. The van der Waals surface area contributed by atoms with Gasteiger partial charge >= 0.3 is 0 Å². The van der Waals surface area contributed by atoms with Crippen molar-refractivity contribution in [2.24, 2.45) is 0 Å². The number of nitrogens with zero attached hydrogens (tertiary/aromatic N) is 1. The van der Waals surface area contributed by atoms with E-state index in [0.717, 1.165) is 16.1 Å². The van der Waals surface area contributed by atoms with Gasteiger partial charge in [-0.15, -0.1) is 0 Å². The summed E-state index contributed by atoms with van der Waals surface area (Å²) in [7, 11) is -0.921. The summed E-state index contributed by atoms with van der Waals surface area (Å²) in [6.45, 7) is 3.30. The molecule has 0 saturated carbocycles. The van der Waals surface area contributed by atoms with E-state index in [1.807, 2.05) is 0 Å². The van der Waals surface area contributed by atoms with Crippen LogP contribution in [0.2, 0.25) is 5.02 Å². The summed E-state index contributed by atoms with van der Waals surface area (Å²) in [6, 6.07) is 8.71. The number of aryl methyl sites for hydroxylation is 1. The molecular weight excluding hydrogens is 404 g/mol.